The number of imide groups is 1. The van der Waals surface area contributed by atoms with Crippen LogP contribution < -0.4 is 10.1 Å². The minimum Gasteiger partial charge on any atom is -0.497 e. The Morgan fingerprint density at radius 1 is 0.903 bits per heavy atom. The van der Waals surface area contributed by atoms with Crippen LogP contribution >= 0.6 is 0 Å². The van der Waals surface area contributed by atoms with Gasteiger partial charge in [-0.05, 0) is 35.9 Å². The first-order valence-corrected chi connectivity index (χ1v) is 9.49. The number of carbonyl (C=O) groups is 2. The second kappa shape index (κ2) is 8.39. The largest absolute Gasteiger partial charge is 0.497 e. The van der Waals surface area contributed by atoms with E-state index in [1.165, 1.54) is 49.6 Å². The van der Waals surface area contributed by atoms with Crippen LogP contribution in [0.3, 0.4) is 0 Å². The predicted octanol–water partition coefficient (Wildman–Crippen LogP) is 4.37. The van der Waals surface area contributed by atoms with E-state index in [1.807, 2.05) is 0 Å². The molecule has 0 atom stereocenters. The van der Waals surface area contributed by atoms with Crippen LogP contribution in [-0.4, -0.2) is 23.8 Å². The van der Waals surface area contributed by atoms with Gasteiger partial charge in [0.15, 0.2) is 0 Å². The zero-order valence-corrected chi connectivity index (χ0v) is 16.6. The Hall–Kier alpha value is -4.00. The molecule has 5 nitrogen and oxygen atoms in total. The number of halogens is 2. The van der Waals surface area contributed by atoms with Gasteiger partial charge in [-0.1, -0.05) is 36.4 Å². The summed E-state index contributed by atoms with van der Waals surface area (Å²) in [5.41, 5.74) is 1.24. The molecule has 0 saturated heterocycles. The monoisotopic (exact) mass is 420 g/mol. The number of hydrogen-bond acceptors (Lipinski definition) is 4. The molecule has 0 spiro atoms. The van der Waals surface area contributed by atoms with E-state index in [0.29, 0.717) is 17.0 Å². The lowest BCUT2D eigenvalue weighted by molar-refractivity contribution is -0.137. The number of ether oxygens (including phenoxy) is 1. The van der Waals surface area contributed by atoms with Gasteiger partial charge in [-0.3, -0.25) is 14.5 Å². The minimum absolute atomic E-state index is 0.0289. The van der Waals surface area contributed by atoms with Crippen LogP contribution in [0.15, 0.2) is 78.5 Å². The molecule has 0 bridgehead atoms. The zero-order valence-electron chi connectivity index (χ0n) is 16.6. The van der Waals surface area contributed by atoms with Gasteiger partial charge >= 0.3 is 0 Å². The molecule has 31 heavy (non-hydrogen) atoms. The van der Waals surface area contributed by atoms with Crippen molar-refractivity contribution in [1.29, 1.82) is 0 Å². The van der Waals surface area contributed by atoms with Crippen LogP contribution in [0.25, 0.3) is 5.57 Å². The van der Waals surface area contributed by atoms with Crippen molar-refractivity contribution in [2.24, 2.45) is 0 Å². The molecule has 2 amide bonds. The standard InChI is InChI=1S/C24H18F2N2O3/c1-31-19-7-4-6-18(13-19)27-22-21(15-9-11-17(25)12-10-15)23(29)28(24(22)30)14-16-5-2-3-8-20(16)26/h2-13,27H,14H2,1H3. The summed E-state index contributed by atoms with van der Waals surface area (Å²) in [5.74, 6) is -1.61. The van der Waals surface area contributed by atoms with Crippen molar-refractivity contribution >= 4 is 23.1 Å². The lowest BCUT2D eigenvalue weighted by Gasteiger charge is -2.16. The quantitative estimate of drug-likeness (QED) is 0.602. The second-order valence-electron chi connectivity index (χ2n) is 6.90. The van der Waals surface area contributed by atoms with Crippen LogP contribution in [-0.2, 0) is 16.1 Å². The molecule has 1 aliphatic heterocycles. The fourth-order valence-electron chi connectivity index (χ4n) is 3.36. The van der Waals surface area contributed by atoms with E-state index in [0.717, 1.165) is 4.90 Å². The molecule has 7 heteroatoms. The lowest BCUT2D eigenvalue weighted by atomic mass is 10.0. The smallest absolute Gasteiger partial charge is 0.278 e. The molecule has 0 aromatic heterocycles. The number of hydrogen-bond donors (Lipinski definition) is 1. The van der Waals surface area contributed by atoms with Crippen molar-refractivity contribution in [2.45, 2.75) is 6.54 Å². The van der Waals surface area contributed by atoms with Crippen LogP contribution in [0.4, 0.5) is 14.5 Å². The number of amides is 2. The van der Waals surface area contributed by atoms with Gasteiger partial charge in [0.1, 0.15) is 23.1 Å². The topological polar surface area (TPSA) is 58.6 Å². The van der Waals surface area contributed by atoms with Crippen molar-refractivity contribution in [3.8, 4) is 5.75 Å². The summed E-state index contributed by atoms with van der Waals surface area (Å²) in [4.78, 5) is 27.4. The predicted molar refractivity (Wildman–Crippen MR) is 112 cm³/mol. The van der Waals surface area contributed by atoms with Gasteiger partial charge in [0.05, 0.1) is 19.2 Å². The van der Waals surface area contributed by atoms with Gasteiger partial charge < -0.3 is 10.1 Å². The number of methoxy groups -OCH3 is 1. The molecular weight excluding hydrogens is 402 g/mol. The number of benzene rings is 3. The van der Waals surface area contributed by atoms with E-state index in [4.69, 9.17) is 4.74 Å². The number of anilines is 1. The van der Waals surface area contributed by atoms with Crippen LogP contribution in [0.1, 0.15) is 11.1 Å². The van der Waals surface area contributed by atoms with Crippen molar-refractivity contribution in [2.75, 3.05) is 12.4 Å². The Morgan fingerprint density at radius 3 is 2.35 bits per heavy atom. The molecule has 4 rings (SSSR count). The third kappa shape index (κ3) is 4.02. The highest BCUT2D eigenvalue weighted by molar-refractivity contribution is 6.36. The Bertz CT molecular complexity index is 1190. The van der Waals surface area contributed by atoms with E-state index in [-0.39, 0.29) is 23.4 Å². The van der Waals surface area contributed by atoms with Crippen molar-refractivity contribution in [1.82, 2.24) is 4.90 Å². The van der Waals surface area contributed by atoms with Crippen LogP contribution in [0, 0.1) is 11.6 Å². The summed E-state index contributed by atoms with van der Waals surface area (Å²) in [6, 6.07) is 18.1. The molecule has 0 aliphatic carbocycles. The molecule has 3 aromatic carbocycles. The zero-order chi connectivity index (χ0) is 22.0. The van der Waals surface area contributed by atoms with Crippen molar-refractivity contribution < 1.29 is 23.1 Å². The lowest BCUT2D eigenvalue weighted by Crippen LogP contribution is -2.32. The molecule has 0 unspecified atom stereocenters. The summed E-state index contributed by atoms with van der Waals surface area (Å²) >= 11 is 0. The first-order chi connectivity index (χ1) is 15.0. The summed E-state index contributed by atoms with van der Waals surface area (Å²) in [5, 5.41) is 2.99. The van der Waals surface area contributed by atoms with Crippen molar-refractivity contribution in [3.05, 3.63) is 101 Å². The number of nitrogens with zero attached hydrogens (tertiary/aromatic N) is 1. The molecule has 1 N–H and O–H groups in total. The van der Waals surface area contributed by atoms with E-state index in [9.17, 15) is 18.4 Å². The number of nitrogens with one attached hydrogen (secondary N) is 1. The highest BCUT2D eigenvalue weighted by atomic mass is 19.1. The highest BCUT2D eigenvalue weighted by Crippen LogP contribution is 2.32. The highest BCUT2D eigenvalue weighted by Gasteiger charge is 2.39. The molecule has 1 heterocycles. The molecule has 1 aliphatic rings. The average Bonchev–Trinajstić information content (AvgIpc) is 3.00. The normalized spacial score (nSPS) is 13.7. The first kappa shape index (κ1) is 20.3. The summed E-state index contributed by atoms with van der Waals surface area (Å²) in [6.07, 6.45) is 0. The van der Waals surface area contributed by atoms with Gasteiger partial charge in [-0.15, -0.1) is 0 Å². The average molecular weight is 420 g/mol. The molecular formula is C24H18F2N2O3. The summed E-state index contributed by atoms with van der Waals surface area (Å²) in [6.45, 7) is -0.224. The first-order valence-electron chi connectivity index (χ1n) is 9.49. The summed E-state index contributed by atoms with van der Waals surface area (Å²) < 4.78 is 32.8. The van der Waals surface area contributed by atoms with E-state index in [1.54, 1.807) is 30.3 Å². The van der Waals surface area contributed by atoms with E-state index in [2.05, 4.69) is 5.32 Å². The van der Waals surface area contributed by atoms with Gasteiger partial charge in [0.25, 0.3) is 11.8 Å². The minimum atomic E-state index is -0.601. The maximum Gasteiger partial charge on any atom is 0.278 e. The van der Waals surface area contributed by atoms with Crippen LogP contribution in [0.2, 0.25) is 0 Å². The molecule has 156 valence electrons. The SMILES string of the molecule is COc1cccc(NC2=C(c3ccc(F)cc3)C(=O)N(Cc3ccccc3F)C2=O)c1. The van der Waals surface area contributed by atoms with Crippen molar-refractivity contribution in [3.63, 3.8) is 0 Å². The number of carbonyl (C=O) groups excluding carboxylic acids is 2. The van der Waals surface area contributed by atoms with Gasteiger partial charge in [-0.25, -0.2) is 8.78 Å². The van der Waals surface area contributed by atoms with Gasteiger partial charge in [0, 0.05) is 17.3 Å². The third-order valence-corrected chi connectivity index (χ3v) is 4.93. The Kier molecular flexibility index (Phi) is 5.49. The Labute approximate surface area is 177 Å². The summed E-state index contributed by atoms with van der Waals surface area (Å²) in [7, 11) is 1.52. The second-order valence-corrected chi connectivity index (χ2v) is 6.90. The molecule has 0 fully saturated rings. The fraction of sp³-hybridized carbons (Fsp3) is 0.0833. The molecule has 3 aromatic rings. The third-order valence-electron chi connectivity index (χ3n) is 4.93. The number of rotatable bonds is 6. The maximum atomic E-state index is 14.2. The fourth-order valence-corrected chi connectivity index (χ4v) is 3.36. The maximum absolute atomic E-state index is 14.2. The van der Waals surface area contributed by atoms with Gasteiger partial charge in [-0.2, -0.15) is 0 Å². The van der Waals surface area contributed by atoms with Gasteiger partial charge in [0.2, 0.25) is 0 Å². The van der Waals surface area contributed by atoms with E-state index < -0.39 is 23.4 Å². The Morgan fingerprint density at radius 2 is 1.65 bits per heavy atom. The van der Waals surface area contributed by atoms with E-state index >= 15 is 0 Å². The molecule has 0 radical (unpaired) electrons. The van der Waals surface area contributed by atoms with Crippen LogP contribution in [0.5, 0.6) is 5.75 Å². The molecule has 0 saturated carbocycles. The Balaban J connectivity index is 1.75.